The number of nitrogens with one attached hydrogen (secondary N) is 1. The van der Waals surface area contributed by atoms with Crippen LogP contribution in [0.4, 0.5) is 11.4 Å². The van der Waals surface area contributed by atoms with Gasteiger partial charge in [0.15, 0.2) is 5.69 Å². The van der Waals surface area contributed by atoms with Crippen LogP contribution in [0.25, 0.3) is 10.9 Å². The van der Waals surface area contributed by atoms with Gasteiger partial charge >= 0.3 is 0 Å². The van der Waals surface area contributed by atoms with Crippen LogP contribution >= 0.6 is 23.8 Å². The average Bonchev–Trinajstić information content (AvgIpc) is 2.83. The van der Waals surface area contributed by atoms with Crippen LogP contribution in [0.15, 0.2) is 51.5 Å². The van der Waals surface area contributed by atoms with Gasteiger partial charge in [-0.25, -0.2) is 13.6 Å². The van der Waals surface area contributed by atoms with E-state index in [4.69, 9.17) is 29.0 Å². The summed E-state index contributed by atoms with van der Waals surface area (Å²) in [7, 11) is -2.06. The summed E-state index contributed by atoms with van der Waals surface area (Å²) >= 11 is 11.3. The third kappa shape index (κ3) is 3.99. The van der Waals surface area contributed by atoms with Gasteiger partial charge in [-0.05, 0) is 61.1 Å². The number of aryl methyl sites for hydroxylation is 2. The van der Waals surface area contributed by atoms with Crippen molar-refractivity contribution in [3.05, 3.63) is 47.0 Å². The Morgan fingerprint density at radius 3 is 2.54 bits per heavy atom. The molecule has 0 saturated carbocycles. The first-order valence-electron chi connectivity index (χ1n) is 7.91. The van der Waals surface area contributed by atoms with E-state index in [1.54, 1.807) is 23.7 Å². The normalized spacial score (nSPS) is 12.0. The first-order chi connectivity index (χ1) is 13.1. The highest BCUT2D eigenvalue weighted by Gasteiger charge is 2.17. The predicted molar refractivity (Wildman–Crippen MR) is 113 cm³/mol. The van der Waals surface area contributed by atoms with Gasteiger partial charge in [0.2, 0.25) is 21.0 Å². The Kier molecular flexibility index (Phi) is 5.39. The van der Waals surface area contributed by atoms with Crippen molar-refractivity contribution in [2.75, 3.05) is 5.32 Å². The molecule has 0 bridgehead atoms. The summed E-state index contributed by atoms with van der Waals surface area (Å²) in [6.45, 7) is 1.88. The number of nitrogens with zero attached hydrogens (tertiary/aromatic N) is 3. The lowest BCUT2D eigenvalue weighted by Crippen LogP contribution is -2.12. The van der Waals surface area contributed by atoms with E-state index in [9.17, 15) is 13.5 Å². The summed E-state index contributed by atoms with van der Waals surface area (Å²) in [4.78, 5) is -0.0153. The summed E-state index contributed by atoms with van der Waals surface area (Å²) in [5.41, 5.74) is 2.43. The maximum absolute atomic E-state index is 11.3. The minimum absolute atomic E-state index is 0.0153. The minimum atomic E-state index is -3.77. The van der Waals surface area contributed by atoms with Crippen molar-refractivity contribution >= 4 is 61.2 Å². The lowest BCUT2D eigenvalue weighted by atomic mass is 10.1. The Morgan fingerprint density at radius 1 is 1.29 bits per heavy atom. The van der Waals surface area contributed by atoms with Crippen LogP contribution in [0.2, 0.25) is 5.02 Å². The second-order valence-electron chi connectivity index (χ2n) is 6.05. The van der Waals surface area contributed by atoms with Crippen LogP contribution in [0.5, 0.6) is 5.88 Å². The van der Waals surface area contributed by atoms with Crippen LogP contribution < -0.4 is 10.5 Å². The van der Waals surface area contributed by atoms with E-state index < -0.39 is 10.0 Å². The lowest BCUT2D eigenvalue weighted by Gasteiger charge is -2.04. The zero-order valence-corrected chi connectivity index (χ0v) is 17.2. The monoisotopic (exact) mass is 437 g/mol. The van der Waals surface area contributed by atoms with Gasteiger partial charge in [0.05, 0.1) is 10.4 Å². The van der Waals surface area contributed by atoms with Crippen LogP contribution in [-0.4, -0.2) is 23.2 Å². The molecule has 3 rings (SSSR count). The first kappa shape index (κ1) is 20.2. The number of halogens is 1. The number of thiocarbonyl (C=S) groups is 1. The Morgan fingerprint density at radius 2 is 1.93 bits per heavy atom. The van der Waals surface area contributed by atoms with Gasteiger partial charge in [-0.2, -0.15) is 0 Å². The number of fused-ring (bicyclic) bond motifs is 1. The van der Waals surface area contributed by atoms with Crippen molar-refractivity contribution in [1.82, 2.24) is 4.57 Å². The first-order valence-corrected chi connectivity index (χ1v) is 10.2. The quantitative estimate of drug-likeness (QED) is 0.422. The minimum Gasteiger partial charge on any atom is -0.493 e. The number of aromatic nitrogens is 1. The average molecular weight is 438 g/mol. The van der Waals surface area contributed by atoms with Crippen molar-refractivity contribution in [2.45, 2.75) is 11.8 Å². The zero-order chi connectivity index (χ0) is 20.6. The molecule has 0 radical (unpaired) electrons. The fourth-order valence-corrected chi connectivity index (χ4v) is 3.76. The lowest BCUT2D eigenvalue weighted by molar-refractivity contribution is 0.436. The molecule has 8 nitrogen and oxygen atoms in total. The van der Waals surface area contributed by atoms with Gasteiger partial charge in [0.1, 0.15) is 0 Å². The van der Waals surface area contributed by atoms with Crippen LogP contribution in [0, 0.1) is 6.92 Å². The van der Waals surface area contributed by atoms with E-state index in [2.05, 4.69) is 15.5 Å². The second-order valence-corrected chi connectivity index (χ2v) is 8.43. The SMILES string of the molecule is Cc1cc(Cl)cc2c(N=NC(=S)Nc3ccc(S(N)(=O)=O)cc3)c(O)n(C)c12. The van der Waals surface area contributed by atoms with Crippen molar-refractivity contribution in [1.29, 1.82) is 0 Å². The standard InChI is InChI=1S/C17H16ClN5O3S2/c1-9-7-10(18)8-13-14(16(24)23(2)15(9)13)21-22-17(27)20-11-3-5-12(6-4-11)28(19,25)26/h3-8,24H,1-2H3,(H,20,27)(H2,19,25,26). The van der Waals surface area contributed by atoms with E-state index in [-0.39, 0.29) is 21.6 Å². The molecule has 0 aliphatic rings. The van der Waals surface area contributed by atoms with Crippen LogP contribution in [0.3, 0.4) is 0 Å². The number of nitrogens with two attached hydrogens (primary N) is 1. The Labute approximate surface area is 171 Å². The summed E-state index contributed by atoms with van der Waals surface area (Å²) in [6.07, 6.45) is 0. The van der Waals surface area contributed by atoms with E-state index in [1.807, 2.05) is 6.92 Å². The van der Waals surface area contributed by atoms with Gasteiger partial charge in [-0.1, -0.05) is 11.6 Å². The van der Waals surface area contributed by atoms with Crippen molar-refractivity contribution in [2.24, 2.45) is 22.4 Å². The third-order valence-electron chi connectivity index (χ3n) is 4.06. The fraction of sp³-hybridized carbons (Fsp3) is 0.118. The summed E-state index contributed by atoms with van der Waals surface area (Å²) in [5.74, 6) is -0.0654. The van der Waals surface area contributed by atoms with E-state index >= 15 is 0 Å². The van der Waals surface area contributed by atoms with Crippen molar-refractivity contribution < 1.29 is 13.5 Å². The Balaban J connectivity index is 1.86. The van der Waals surface area contributed by atoms with Gasteiger partial charge in [-0.3, -0.25) is 0 Å². The highest BCUT2D eigenvalue weighted by molar-refractivity contribution is 7.89. The zero-order valence-electron chi connectivity index (χ0n) is 14.8. The highest BCUT2D eigenvalue weighted by atomic mass is 35.5. The number of hydrogen-bond donors (Lipinski definition) is 3. The summed E-state index contributed by atoms with van der Waals surface area (Å²) in [6, 6.07) is 9.18. The molecular formula is C17H16ClN5O3S2. The number of hydrogen-bond acceptors (Lipinski definition) is 5. The molecule has 146 valence electrons. The number of aromatic hydroxyl groups is 1. The molecule has 11 heteroatoms. The topological polar surface area (TPSA) is 122 Å². The molecule has 0 spiro atoms. The maximum Gasteiger partial charge on any atom is 0.238 e. The van der Waals surface area contributed by atoms with Crippen molar-refractivity contribution in [3.63, 3.8) is 0 Å². The second kappa shape index (κ2) is 7.47. The Hall–Kier alpha value is -2.53. The molecule has 4 N–H and O–H groups in total. The van der Waals surface area contributed by atoms with E-state index in [1.165, 1.54) is 24.3 Å². The number of primary sulfonamides is 1. The summed E-state index contributed by atoms with van der Waals surface area (Å²) in [5, 5.41) is 27.4. The molecular weight excluding hydrogens is 422 g/mol. The Bertz CT molecular complexity index is 1220. The number of sulfonamides is 1. The molecule has 0 unspecified atom stereocenters. The van der Waals surface area contributed by atoms with Crippen LogP contribution in [0.1, 0.15) is 5.56 Å². The largest absolute Gasteiger partial charge is 0.493 e. The van der Waals surface area contributed by atoms with Gasteiger partial charge in [0.25, 0.3) is 0 Å². The number of azo groups is 1. The molecule has 0 fully saturated rings. The molecule has 1 heterocycles. The molecule has 0 saturated heterocycles. The number of rotatable bonds is 3. The van der Waals surface area contributed by atoms with Crippen LogP contribution in [-0.2, 0) is 17.1 Å². The molecule has 28 heavy (non-hydrogen) atoms. The summed E-state index contributed by atoms with van der Waals surface area (Å²) < 4.78 is 24.2. The molecule has 1 aromatic heterocycles. The third-order valence-corrected chi connectivity index (χ3v) is 5.39. The fourth-order valence-electron chi connectivity index (χ4n) is 2.82. The van der Waals surface area contributed by atoms with Gasteiger partial charge < -0.3 is 15.0 Å². The number of anilines is 1. The van der Waals surface area contributed by atoms with Gasteiger partial charge in [-0.15, -0.1) is 10.2 Å². The number of benzene rings is 2. The van der Waals surface area contributed by atoms with E-state index in [0.717, 1.165) is 11.1 Å². The molecule has 0 aliphatic heterocycles. The highest BCUT2D eigenvalue weighted by Crippen LogP contribution is 2.40. The molecule has 3 aromatic rings. The maximum atomic E-state index is 11.3. The predicted octanol–water partition coefficient (Wildman–Crippen LogP) is 3.97. The molecule has 0 aliphatic carbocycles. The van der Waals surface area contributed by atoms with Crippen molar-refractivity contribution in [3.8, 4) is 5.88 Å². The smallest absolute Gasteiger partial charge is 0.238 e. The molecule has 2 aromatic carbocycles. The molecule has 0 amide bonds. The van der Waals surface area contributed by atoms with Gasteiger partial charge in [0, 0.05) is 23.1 Å². The molecule has 0 atom stereocenters. The van der Waals surface area contributed by atoms with E-state index in [0.29, 0.717) is 16.1 Å².